The van der Waals surface area contributed by atoms with Gasteiger partial charge in [-0.2, -0.15) is 5.10 Å². The van der Waals surface area contributed by atoms with Gasteiger partial charge in [0.1, 0.15) is 5.82 Å². The third-order valence-corrected chi connectivity index (χ3v) is 3.53. The Bertz CT molecular complexity index is 633. The van der Waals surface area contributed by atoms with Crippen LogP contribution in [0.2, 0.25) is 0 Å². The summed E-state index contributed by atoms with van der Waals surface area (Å²) in [5, 5.41) is 4.37. The summed E-state index contributed by atoms with van der Waals surface area (Å²) in [5.74, 6) is -0.284. The molecule has 21 heavy (non-hydrogen) atoms. The summed E-state index contributed by atoms with van der Waals surface area (Å²) in [5.41, 5.74) is 1.36. The van der Waals surface area contributed by atoms with Crippen molar-refractivity contribution in [2.45, 2.75) is 20.4 Å². The van der Waals surface area contributed by atoms with E-state index in [2.05, 4.69) is 23.8 Å². The molecule has 1 aromatic carbocycles. The summed E-state index contributed by atoms with van der Waals surface area (Å²) >= 11 is 0. The Balaban J connectivity index is 2.21. The Morgan fingerprint density at radius 3 is 2.38 bits per heavy atom. The molecule has 0 N–H and O–H groups in total. The molecule has 0 aliphatic carbocycles. The van der Waals surface area contributed by atoms with Gasteiger partial charge in [-0.25, -0.2) is 9.07 Å². The van der Waals surface area contributed by atoms with Crippen molar-refractivity contribution >= 4 is 0 Å². The predicted octanol–water partition coefficient (Wildman–Crippen LogP) is 2.39. The van der Waals surface area contributed by atoms with Gasteiger partial charge in [0, 0.05) is 18.2 Å². The van der Waals surface area contributed by atoms with Gasteiger partial charge in [-0.15, -0.1) is 0 Å². The van der Waals surface area contributed by atoms with Crippen molar-refractivity contribution in [3.63, 3.8) is 0 Å². The molecule has 0 aliphatic rings. The monoisotopic (exact) mass is 289 g/mol. The zero-order valence-corrected chi connectivity index (χ0v) is 12.4. The first kappa shape index (κ1) is 15.4. The molecule has 0 amide bonds. The van der Waals surface area contributed by atoms with E-state index in [0.29, 0.717) is 12.2 Å². The van der Waals surface area contributed by atoms with Crippen LogP contribution < -0.4 is 5.56 Å². The van der Waals surface area contributed by atoms with Crippen molar-refractivity contribution in [3.8, 4) is 11.3 Å². The number of benzene rings is 1. The lowest BCUT2D eigenvalue weighted by Gasteiger charge is -2.18. The summed E-state index contributed by atoms with van der Waals surface area (Å²) < 4.78 is 14.4. The van der Waals surface area contributed by atoms with E-state index in [1.165, 1.54) is 22.9 Å². The molecule has 0 spiro atoms. The van der Waals surface area contributed by atoms with E-state index in [-0.39, 0.29) is 11.4 Å². The van der Waals surface area contributed by atoms with E-state index in [4.69, 9.17) is 0 Å². The highest BCUT2D eigenvalue weighted by molar-refractivity contribution is 5.57. The summed E-state index contributed by atoms with van der Waals surface area (Å²) in [6, 6.07) is 9.29. The first-order valence-electron chi connectivity index (χ1n) is 7.20. The molecule has 5 heteroatoms. The molecule has 112 valence electrons. The van der Waals surface area contributed by atoms with Crippen molar-refractivity contribution in [3.05, 3.63) is 52.6 Å². The quantitative estimate of drug-likeness (QED) is 0.819. The van der Waals surface area contributed by atoms with Crippen LogP contribution in [0.4, 0.5) is 4.39 Å². The Kier molecular flexibility index (Phi) is 5.22. The van der Waals surface area contributed by atoms with E-state index in [9.17, 15) is 9.18 Å². The minimum absolute atomic E-state index is 0.118. The van der Waals surface area contributed by atoms with Crippen molar-refractivity contribution < 1.29 is 4.39 Å². The number of hydrogen-bond acceptors (Lipinski definition) is 3. The number of hydrogen-bond donors (Lipinski definition) is 0. The Morgan fingerprint density at radius 1 is 1.10 bits per heavy atom. The van der Waals surface area contributed by atoms with E-state index < -0.39 is 0 Å². The van der Waals surface area contributed by atoms with Gasteiger partial charge in [0.25, 0.3) is 5.56 Å². The van der Waals surface area contributed by atoms with Gasteiger partial charge >= 0.3 is 0 Å². The predicted molar refractivity (Wildman–Crippen MR) is 81.7 cm³/mol. The summed E-state index contributed by atoms with van der Waals surface area (Å²) in [4.78, 5) is 14.1. The fraction of sp³-hybridized carbons (Fsp3) is 0.375. The first-order chi connectivity index (χ1) is 10.1. The highest BCUT2D eigenvalue weighted by atomic mass is 19.1. The van der Waals surface area contributed by atoms with Gasteiger partial charge in [0.05, 0.1) is 12.2 Å². The molecule has 2 rings (SSSR count). The molecule has 0 bridgehead atoms. The maximum Gasteiger partial charge on any atom is 0.266 e. The van der Waals surface area contributed by atoms with E-state index >= 15 is 0 Å². The van der Waals surface area contributed by atoms with Crippen molar-refractivity contribution in [2.75, 3.05) is 19.6 Å². The molecule has 0 fully saturated rings. The van der Waals surface area contributed by atoms with E-state index in [1.807, 2.05) is 0 Å². The maximum absolute atomic E-state index is 13.0. The lowest BCUT2D eigenvalue weighted by molar-refractivity contribution is 0.283. The van der Waals surface area contributed by atoms with Crippen LogP contribution in [-0.4, -0.2) is 34.3 Å². The number of halogens is 1. The molecule has 0 atom stereocenters. The van der Waals surface area contributed by atoms with Crippen LogP contribution in [0.5, 0.6) is 0 Å². The fourth-order valence-electron chi connectivity index (χ4n) is 2.16. The number of aromatic nitrogens is 2. The zero-order valence-electron chi connectivity index (χ0n) is 12.4. The summed E-state index contributed by atoms with van der Waals surface area (Å²) in [6.07, 6.45) is 0. The third-order valence-electron chi connectivity index (χ3n) is 3.53. The molecule has 4 nitrogen and oxygen atoms in total. The topological polar surface area (TPSA) is 38.1 Å². The zero-order chi connectivity index (χ0) is 15.2. The molecule has 0 radical (unpaired) electrons. The molecular formula is C16H20FN3O. The molecule has 0 aliphatic heterocycles. The smallest absolute Gasteiger partial charge is 0.266 e. The van der Waals surface area contributed by atoms with Crippen LogP contribution >= 0.6 is 0 Å². The number of rotatable bonds is 6. The van der Waals surface area contributed by atoms with Gasteiger partial charge < -0.3 is 4.90 Å². The van der Waals surface area contributed by atoms with Gasteiger partial charge in [-0.05, 0) is 43.4 Å². The lowest BCUT2D eigenvalue weighted by atomic mass is 10.1. The molecule has 1 heterocycles. The summed E-state index contributed by atoms with van der Waals surface area (Å²) in [6.45, 7) is 7.41. The molecular weight excluding hydrogens is 269 g/mol. The third kappa shape index (κ3) is 3.98. The fourth-order valence-corrected chi connectivity index (χ4v) is 2.16. The molecule has 0 saturated carbocycles. The highest BCUT2D eigenvalue weighted by Gasteiger charge is 2.05. The van der Waals surface area contributed by atoms with Gasteiger partial charge in [-0.1, -0.05) is 13.8 Å². The van der Waals surface area contributed by atoms with Gasteiger partial charge in [0.2, 0.25) is 0 Å². The average Bonchev–Trinajstić information content (AvgIpc) is 2.51. The van der Waals surface area contributed by atoms with Gasteiger partial charge in [0.15, 0.2) is 0 Å². The Labute approximate surface area is 123 Å². The SMILES string of the molecule is CCN(CC)CCn1nc(-c2ccc(F)cc2)ccc1=O. The van der Waals surface area contributed by atoms with Crippen molar-refractivity contribution in [1.82, 2.24) is 14.7 Å². The largest absolute Gasteiger partial charge is 0.302 e. The first-order valence-corrected chi connectivity index (χ1v) is 7.20. The maximum atomic E-state index is 13.0. The number of nitrogens with zero attached hydrogens (tertiary/aromatic N) is 3. The van der Waals surface area contributed by atoms with Gasteiger partial charge in [-0.3, -0.25) is 4.79 Å². The van der Waals surface area contributed by atoms with Crippen LogP contribution in [-0.2, 0) is 6.54 Å². The molecule has 0 unspecified atom stereocenters. The minimum Gasteiger partial charge on any atom is -0.302 e. The van der Waals surface area contributed by atoms with Crippen LogP contribution in [0.15, 0.2) is 41.2 Å². The van der Waals surface area contributed by atoms with Crippen molar-refractivity contribution in [2.24, 2.45) is 0 Å². The molecule has 0 saturated heterocycles. The summed E-state index contributed by atoms with van der Waals surface area (Å²) in [7, 11) is 0. The second-order valence-corrected chi connectivity index (χ2v) is 4.81. The Morgan fingerprint density at radius 2 is 1.76 bits per heavy atom. The normalized spacial score (nSPS) is 11.0. The lowest BCUT2D eigenvalue weighted by Crippen LogP contribution is -2.31. The van der Waals surface area contributed by atoms with E-state index in [0.717, 1.165) is 25.2 Å². The Hall–Kier alpha value is -2.01. The standard InChI is InChI=1S/C16H20FN3O/c1-3-19(4-2)11-12-20-16(21)10-9-15(18-20)13-5-7-14(17)8-6-13/h5-10H,3-4,11-12H2,1-2H3. The van der Waals surface area contributed by atoms with Crippen molar-refractivity contribution in [1.29, 1.82) is 0 Å². The number of likely N-dealkylation sites (N-methyl/N-ethyl adjacent to an activating group) is 1. The molecule has 1 aromatic heterocycles. The molecule has 2 aromatic rings. The van der Waals surface area contributed by atoms with Crippen LogP contribution in [0.25, 0.3) is 11.3 Å². The van der Waals surface area contributed by atoms with Crippen LogP contribution in [0, 0.1) is 5.82 Å². The van der Waals surface area contributed by atoms with E-state index in [1.54, 1.807) is 18.2 Å². The minimum atomic E-state index is -0.284. The second kappa shape index (κ2) is 7.13. The highest BCUT2D eigenvalue weighted by Crippen LogP contribution is 2.15. The second-order valence-electron chi connectivity index (χ2n) is 4.81. The van der Waals surface area contributed by atoms with Crippen LogP contribution in [0.1, 0.15) is 13.8 Å². The van der Waals surface area contributed by atoms with Crippen LogP contribution in [0.3, 0.4) is 0 Å². The average molecular weight is 289 g/mol.